The topological polar surface area (TPSA) is 0 Å². The minimum Gasteiger partial charge on any atom is -0.0842 e. The molecule has 1 heteroatoms. The number of hydrogen-bond donors (Lipinski definition) is 0. The van der Waals surface area contributed by atoms with E-state index in [-0.39, 0.29) is 0 Å². The smallest absolute Gasteiger partial charge is 0.0367 e. The molecule has 0 N–H and O–H groups in total. The first-order valence-electron chi connectivity index (χ1n) is 4.82. The van der Waals surface area contributed by atoms with E-state index in [1.54, 1.807) is 0 Å². The van der Waals surface area contributed by atoms with E-state index in [2.05, 4.69) is 61.0 Å². The molecule has 0 unspecified atom stereocenters. The van der Waals surface area contributed by atoms with Gasteiger partial charge < -0.3 is 0 Å². The fourth-order valence-electron chi connectivity index (χ4n) is 1.39. The summed E-state index contributed by atoms with van der Waals surface area (Å²) in [6.07, 6.45) is 1.18. The van der Waals surface area contributed by atoms with Crippen molar-refractivity contribution in [1.82, 2.24) is 0 Å². The number of alkyl halides is 1. The summed E-state index contributed by atoms with van der Waals surface area (Å²) in [5, 5.41) is 0. The molecule has 72 valence electrons. The van der Waals surface area contributed by atoms with Crippen LogP contribution >= 0.6 is 15.9 Å². The molecule has 0 aliphatic carbocycles. The van der Waals surface area contributed by atoms with Gasteiger partial charge in [-0.3, -0.25) is 0 Å². The van der Waals surface area contributed by atoms with Gasteiger partial charge in [0.25, 0.3) is 0 Å². The fourth-order valence-corrected chi connectivity index (χ4v) is 1.70. The SMILES string of the molecule is CC(C)Cc1ccc([C@H](C)Br)cc1. The Morgan fingerprint density at radius 2 is 1.62 bits per heavy atom. The summed E-state index contributed by atoms with van der Waals surface area (Å²) < 4.78 is 0. The third-order valence-electron chi connectivity index (χ3n) is 2.08. The van der Waals surface area contributed by atoms with Crippen LogP contribution in [-0.2, 0) is 6.42 Å². The molecular weight excluding hydrogens is 224 g/mol. The van der Waals surface area contributed by atoms with Gasteiger partial charge in [-0.1, -0.05) is 54.0 Å². The fraction of sp³-hybridized carbons (Fsp3) is 0.500. The van der Waals surface area contributed by atoms with Crippen molar-refractivity contribution in [2.24, 2.45) is 5.92 Å². The Bertz CT molecular complexity index is 246. The van der Waals surface area contributed by atoms with Crippen LogP contribution in [0.3, 0.4) is 0 Å². The third kappa shape index (κ3) is 3.51. The van der Waals surface area contributed by atoms with Gasteiger partial charge in [-0.2, -0.15) is 0 Å². The van der Waals surface area contributed by atoms with E-state index >= 15 is 0 Å². The highest BCUT2D eigenvalue weighted by atomic mass is 79.9. The van der Waals surface area contributed by atoms with E-state index in [4.69, 9.17) is 0 Å². The molecule has 0 bridgehead atoms. The second-order valence-corrected chi connectivity index (χ2v) is 5.33. The van der Waals surface area contributed by atoms with Crippen LogP contribution in [0.4, 0.5) is 0 Å². The number of benzene rings is 1. The van der Waals surface area contributed by atoms with Crippen LogP contribution in [0.5, 0.6) is 0 Å². The summed E-state index contributed by atoms with van der Waals surface area (Å²) in [7, 11) is 0. The van der Waals surface area contributed by atoms with Crippen molar-refractivity contribution in [3.63, 3.8) is 0 Å². The Kier molecular flexibility index (Phi) is 3.98. The second-order valence-electron chi connectivity index (χ2n) is 3.96. The molecule has 1 atom stereocenters. The van der Waals surface area contributed by atoms with Crippen molar-refractivity contribution in [3.05, 3.63) is 35.4 Å². The molecule has 0 aliphatic heterocycles. The Hall–Kier alpha value is -0.300. The molecule has 0 aliphatic rings. The molecule has 0 amide bonds. The summed E-state index contributed by atoms with van der Waals surface area (Å²) >= 11 is 3.56. The minimum absolute atomic E-state index is 0.459. The van der Waals surface area contributed by atoms with Crippen molar-refractivity contribution >= 4 is 15.9 Å². The van der Waals surface area contributed by atoms with Gasteiger partial charge in [-0.15, -0.1) is 0 Å². The molecular formula is C12H17Br. The molecule has 0 aromatic heterocycles. The van der Waals surface area contributed by atoms with Gasteiger partial charge in [0, 0.05) is 4.83 Å². The lowest BCUT2D eigenvalue weighted by Gasteiger charge is -2.07. The zero-order chi connectivity index (χ0) is 9.84. The van der Waals surface area contributed by atoms with Crippen LogP contribution in [-0.4, -0.2) is 0 Å². The van der Waals surface area contributed by atoms with Crippen LogP contribution in [0.2, 0.25) is 0 Å². The average molecular weight is 241 g/mol. The van der Waals surface area contributed by atoms with E-state index in [0.717, 1.165) is 5.92 Å². The Labute approximate surface area is 89.5 Å². The van der Waals surface area contributed by atoms with Crippen LogP contribution in [0.1, 0.15) is 36.7 Å². The Morgan fingerprint density at radius 3 is 2.00 bits per heavy atom. The van der Waals surface area contributed by atoms with E-state index in [1.165, 1.54) is 17.5 Å². The quantitative estimate of drug-likeness (QED) is 0.690. The Morgan fingerprint density at radius 1 is 1.08 bits per heavy atom. The van der Waals surface area contributed by atoms with Crippen LogP contribution in [0.15, 0.2) is 24.3 Å². The van der Waals surface area contributed by atoms with Gasteiger partial charge in [-0.05, 0) is 30.4 Å². The zero-order valence-electron chi connectivity index (χ0n) is 8.55. The molecule has 0 fully saturated rings. The predicted molar refractivity (Wildman–Crippen MR) is 62.3 cm³/mol. The molecule has 1 aromatic carbocycles. The monoisotopic (exact) mass is 240 g/mol. The standard InChI is InChI=1S/C12H17Br/c1-9(2)8-11-4-6-12(7-5-11)10(3)13/h4-7,9-10H,8H2,1-3H3/t10-/m0/s1. The Balaban J connectivity index is 2.70. The molecule has 13 heavy (non-hydrogen) atoms. The molecule has 1 aromatic rings. The highest BCUT2D eigenvalue weighted by molar-refractivity contribution is 9.09. The second kappa shape index (κ2) is 4.80. The normalized spacial score (nSPS) is 13.3. The van der Waals surface area contributed by atoms with Crippen molar-refractivity contribution < 1.29 is 0 Å². The molecule has 1 rings (SSSR count). The number of hydrogen-bond acceptors (Lipinski definition) is 0. The van der Waals surface area contributed by atoms with Gasteiger partial charge in [0.1, 0.15) is 0 Å². The predicted octanol–water partition coefficient (Wildman–Crippen LogP) is 4.34. The van der Waals surface area contributed by atoms with Gasteiger partial charge in [-0.25, -0.2) is 0 Å². The number of rotatable bonds is 3. The zero-order valence-corrected chi connectivity index (χ0v) is 10.1. The van der Waals surface area contributed by atoms with Gasteiger partial charge in [0.2, 0.25) is 0 Å². The van der Waals surface area contributed by atoms with E-state index < -0.39 is 0 Å². The molecule has 0 nitrogen and oxygen atoms in total. The highest BCUT2D eigenvalue weighted by Gasteiger charge is 2.01. The van der Waals surface area contributed by atoms with Gasteiger partial charge in [0.05, 0.1) is 0 Å². The van der Waals surface area contributed by atoms with E-state index in [9.17, 15) is 0 Å². The lowest BCUT2D eigenvalue weighted by molar-refractivity contribution is 0.647. The molecule has 0 spiro atoms. The summed E-state index contributed by atoms with van der Waals surface area (Å²) in [5.41, 5.74) is 2.79. The van der Waals surface area contributed by atoms with Crippen LogP contribution in [0, 0.1) is 5.92 Å². The molecule has 0 heterocycles. The summed E-state index contributed by atoms with van der Waals surface area (Å²) in [6, 6.07) is 8.87. The van der Waals surface area contributed by atoms with E-state index in [1.807, 2.05) is 0 Å². The maximum atomic E-state index is 3.56. The lowest BCUT2D eigenvalue weighted by atomic mass is 10.0. The molecule has 0 radical (unpaired) electrons. The highest BCUT2D eigenvalue weighted by Crippen LogP contribution is 2.22. The first-order chi connectivity index (χ1) is 6.09. The number of halogens is 1. The lowest BCUT2D eigenvalue weighted by Crippen LogP contribution is -1.94. The molecule has 0 saturated carbocycles. The van der Waals surface area contributed by atoms with Crippen molar-refractivity contribution in [2.75, 3.05) is 0 Å². The molecule has 0 saturated heterocycles. The van der Waals surface area contributed by atoms with Crippen molar-refractivity contribution in [2.45, 2.75) is 32.0 Å². The summed E-state index contributed by atoms with van der Waals surface area (Å²) in [5.74, 6) is 0.743. The first-order valence-corrected chi connectivity index (χ1v) is 5.74. The van der Waals surface area contributed by atoms with E-state index in [0.29, 0.717) is 4.83 Å². The summed E-state index contributed by atoms with van der Waals surface area (Å²) in [4.78, 5) is 0.459. The van der Waals surface area contributed by atoms with Crippen molar-refractivity contribution in [1.29, 1.82) is 0 Å². The van der Waals surface area contributed by atoms with Gasteiger partial charge >= 0.3 is 0 Å². The third-order valence-corrected chi connectivity index (χ3v) is 2.61. The summed E-state index contributed by atoms with van der Waals surface area (Å²) in [6.45, 7) is 6.65. The van der Waals surface area contributed by atoms with Crippen LogP contribution < -0.4 is 0 Å². The van der Waals surface area contributed by atoms with Gasteiger partial charge in [0.15, 0.2) is 0 Å². The average Bonchev–Trinajstić information content (AvgIpc) is 2.04. The largest absolute Gasteiger partial charge is 0.0842 e. The van der Waals surface area contributed by atoms with Crippen LogP contribution in [0.25, 0.3) is 0 Å². The minimum atomic E-state index is 0.459. The van der Waals surface area contributed by atoms with Crippen molar-refractivity contribution in [3.8, 4) is 0 Å². The maximum absolute atomic E-state index is 3.56. The maximum Gasteiger partial charge on any atom is 0.0367 e. The first kappa shape index (κ1) is 10.8.